The van der Waals surface area contributed by atoms with Gasteiger partial charge in [0, 0.05) is 0 Å². The summed E-state index contributed by atoms with van der Waals surface area (Å²) in [5.41, 5.74) is 3.77. The van der Waals surface area contributed by atoms with E-state index in [4.69, 9.17) is 19.3 Å². The molecule has 1 saturated heterocycles. The van der Waals surface area contributed by atoms with Gasteiger partial charge < -0.3 is 39.4 Å². The number of aliphatic hydroxyl groups is 3. The predicted octanol–water partition coefficient (Wildman–Crippen LogP) is 1.83. The van der Waals surface area contributed by atoms with E-state index in [1.807, 2.05) is 37.3 Å². The first-order valence-corrected chi connectivity index (χ1v) is 10.9. The second kappa shape index (κ2) is 9.96. The first kappa shape index (κ1) is 23.3. The molecule has 4 rings (SSSR count). The van der Waals surface area contributed by atoms with Crippen molar-refractivity contribution in [3.05, 3.63) is 58.7 Å². The highest BCUT2D eigenvalue weighted by molar-refractivity contribution is 5.56. The fourth-order valence-corrected chi connectivity index (χ4v) is 4.27. The van der Waals surface area contributed by atoms with Crippen molar-refractivity contribution in [1.29, 1.82) is 0 Å². The van der Waals surface area contributed by atoms with Crippen molar-refractivity contribution in [3.8, 4) is 11.5 Å². The third-order valence-corrected chi connectivity index (χ3v) is 6.02. The molecule has 0 amide bonds. The number of aryl methyl sites for hydroxylation is 1. The van der Waals surface area contributed by atoms with Crippen LogP contribution in [0.25, 0.3) is 0 Å². The van der Waals surface area contributed by atoms with E-state index < -0.39 is 43.3 Å². The van der Waals surface area contributed by atoms with Gasteiger partial charge in [0.05, 0.1) is 0 Å². The third kappa shape index (κ3) is 5.06. The highest BCUT2D eigenvalue weighted by atomic mass is 16.7. The summed E-state index contributed by atoms with van der Waals surface area (Å²) in [6, 6.07) is 11.5. The van der Waals surface area contributed by atoms with E-state index in [2.05, 4.69) is 4.74 Å². The molecule has 2 aliphatic heterocycles. The molecule has 0 unspecified atom stereocenters. The summed E-state index contributed by atoms with van der Waals surface area (Å²) in [7, 11) is 0. The average molecular weight is 460 g/mol. The zero-order valence-electron chi connectivity index (χ0n) is 18.2. The molecule has 2 aromatic rings. The lowest BCUT2D eigenvalue weighted by Crippen LogP contribution is -2.55. The van der Waals surface area contributed by atoms with Crippen LogP contribution in [0.15, 0.2) is 36.4 Å². The Hall–Kier alpha value is -2.85. The number of benzene rings is 2. The van der Waals surface area contributed by atoms with Crippen LogP contribution in [0.2, 0.25) is 0 Å². The van der Waals surface area contributed by atoms with Crippen molar-refractivity contribution in [3.63, 3.8) is 0 Å². The zero-order valence-corrected chi connectivity index (χ0v) is 18.2. The summed E-state index contributed by atoms with van der Waals surface area (Å²) in [6.45, 7) is 2.61. The first-order chi connectivity index (χ1) is 15.9. The molecule has 2 heterocycles. The van der Waals surface area contributed by atoms with Gasteiger partial charge in [0.25, 0.3) is 0 Å². The van der Waals surface area contributed by atoms with E-state index in [1.165, 1.54) is 0 Å². The van der Waals surface area contributed by atoms with Crippen LogP contribution >= 0.6 is 0 Å². The maximum Gasteiger partial charge on any atom is 0.505 e. The fourth-order valence-electron chi connectivity index (χ4n) is 4.27. The molecule has 0 bridgehead atoms. The number of fused-ring (bicyclic) bond motifs is 1. The zero-order chi connectivity index (χ0) is 23.5. The van der Waals surface area contributed by atoms with Crippen LogP contribution in [-0.4, -0.2) is 70.8 Å². The second-order valence-electron chi connectivity index (χ2n) is 8.18. The molecule has 2 aliphatic rings. The van der Waals surface area contributed by atoms with Crippen LogP contribution < -0.4 is 9.47 Å². The van der Waals surface area contributed by atoms with E-state index in [1.54, 1.807) is 6.07 Å². The van der Waals surface area contributed by atoms with E-state index in [9.17, 15) is 20.1 Å². The minimum Gasteiger partial charge on any atom is -0.486 e. The molecular weight excluding hydrogens is 432 g/mol. The van der Waals surface area contributed by atoms with Crippen LogP contribution in [0.4, 0.5) is 4.79 Å². The van der Waals surface area contributed by atoms with Gasteiger partial charge in [-0.2, -0.15) is 0 Å². The van der Waals surface area contributed by atoms with Gasteiger partial charge in [0.15, 0.2) is 11.5 Å². The number of carboxylic acid groups (broad SMARTS) is 1. The van der Waals surface area contributed by atoms with Crippen LogP contribution in [0, 0.1) is 0 Å². The monoisotopic (exact) mass is 460 g/mol. The lowest BCUT2D eigenvalue weighted by Gasteiger charge is -2.40. The molecule has 9 heteroatoms. The maximum absolute atomic E-state index is 10.7. The van der Waals surface area contributed by atoms with Crippen molar-refractivity contribution in [2.24, 2.45) is 0 Å². The standard InChI is InChI=1S/C24H28O9/c1-2-14-4-5-15(23-22(27)21(26)20(25)19(33-23)12-32-24(28)29)11-16(14)9-13-3-6-17-18(10-13)31-8-7-30-17/h3-6,10-11,19-23,25-27H,2,7-9,12H2,1H3,(H,28,29)/t19-,20-,21+,22-,23+/m1/s1. The van der Waals surface area contributed by atoms with Crippen LogP contribution in [0.3, 0.4) is 0 Å². The van der Waals surface area contributed by atoms with Gasteiger partial charge in [-0.15, -0.1) is 0 Å². The number of carbonyl (C=O) groups is 1. The van der Waals surface area contributed by atoms with Crippen LogP contribution in [-0.2, 0) is 22.3 Å². The highest BCUT2D eigenvalue weighted by Crippen LogP contribution is 2.35. The molecule has 5 atom stereocenters. The minimum absolute atomic E-state index is 0.464. The number of ether oxygens (including phenoxy) is 4. The Labute approximate surface area is 191 Å². The molecule has 9 nitrogen and oxygen atoms in total. The van der Waals surface area contributed by atoms with E-state index in [0.29, 0.717) is 30.9 Å². The summed E-state index contributed by atoms with van der Waals surface area (Å²) in [5.74, 6) is 1.42. The van der Waals surface area contributed by atoms with Crippen molar-refractivity contribution in [1.82, 2.24) is 0 Å². The molecule has 0 saturated carbocycles. The molecule has 2 aromatic carbocycles. The maximum atomic E-state index is 10.7. The van der Waals surface area contributed by atoms with E-state index in [0.717, 1.165) is 28.9 Å². The summed E-state index contributed by atoms with van der Waals surface area (Å²) in [5, 5.41) is 39.8. The van der Waals surface area contributed by atoms with Gasteiger partial charge in [-0.3, -0.25) is 0 Å². The molecule has 0 spiro atoms. The van der Waals surface area contributed by atoms with Crippen molar-refractivity contribution in [2.75, 3.05) is 19.8 Å². The average Bonchev–Trinajstić information content (AvgIpc) is 2.82. The lowest BCUT2D eigenvalue weighted by molar-refractivity contribution is -0.232. The smallest absolute Gasteiger partial charge is 0.486 e. The first-order valence-electron chi connectivity index (χ1n) is 10.9. The van der Waals surface area contributed by atoms with Crippen molar-refractivity contribution < 1.29 is 44.2 Å². The third-order valence-electron chi connectivity index (χ3n) is 6.02. The topological polar surface area (TPSA) is 135 Å². The Morgan fingerprint density at radius 2 is 1.73 bits per heavy atom. The van der Waals surface area contributed by atoms with Gasteiger partial charge in [-0.1, -0.05) is 31.2 Å². The van der Waals surface area contributed by atoms with Gasteiger partial charge >= 0.3 is 6.16 Å². The lowest BCUT2D eigenvalue weighted by atomic mass is 9.88. The Balaban J connectivity index is 1.59. The van der Waals surface area contributed by atoms with Crippen LogP contribution in [0.1, 0.15) is 35.3 Å². The summed E-state index contributed by atoms with van der Waals surface area (Å²) in [6.07, 6.45) is -6.58. The Morgan fingerprint density at radius 1 is 0.970 bits per heavy atom. The minimum atomic E-state index is -1.52. The summed E-state index contributed by atoms with van der Waals surface area (Å²) < 4.78 is 21.6. The predicted molar refractivity (Wildman–Crippen MR) is 116 cm³/mol. The summed E-state index contributed by atoms with van der Waals surface area (Å²) >= 11 is 0. The molecule has 0 radical (unpaired) electrons. The van der Waals surface area contributed by atoms with Gasteiger partial charge in [0.1, 0.15) is 50.3 Å². The summed E-state index contributed by atoms with van der Waals surface area (Å²) in [4.78, 5) is 10.7. The second-order valence-corrected chi connectivity index (χ2v) is 8.18. The van der Waals surface area contributed by atoms with Crippen molar-refractivity contribution >= 4 is 6.16 Å². The van der Waals surface area contributed by atoms with Crippen LogP contribution in [0.5, 0.6) is 11.5 Å². The molecule has 0 aliphatic carbocycles. The van der Waals surface area contributed by atoms with Crippen molar-refractivity contribution in [2.45, 2.75) is 50.3 Å². The molecule has 0 aromatic heterocycles. The Morgan fingerprint density at radius 3 is 2.45 bits per heavy atom. The Bertz CT molecular complexity index is 992. The van der Waals surface area contributed by atoms with Gasteiger partial charge in [-0.05, 0) is 47.2 Å². The number of hydrogen-bond donors (Lipinski definition) is 4. The fraction of sp³-hybridized carbons (Fsp3) is 0.458. The molecule has 4 N–H and O–H groups in total. The normalized spacial score (nSPS) is 26.6. The Kier molecular flexibility index (Phi) is 7.04. The van der Waals surface area contributed by atoms with Gasteiger partial charge in [0.2, 0.25) is 0 Å². The molecular formula is C24H28O9. The molecule has 178 valence electrons. The van der Waals surface area contributed by atoms with E-state index in [-0.39, 0.29) is 0 Å². The quantitative estimate of drug-likeness (QED) is 0.476. The molecule has 1 fully saturated rings. The van der Waals surface area contributed by atoms with Gasteiger partial charge in [-0.25, -0.2) is 4.79 Å². The largest absolute Gasteiger partial charge is 0.505 e. The molecule has 33 heavy (non-hydrogen) atoms. The number of rotatable bonds is 6. The SMILES string of the molecule is CCc1ccc([C@@H]2O[C@H](COC(=O)O)[C@@H](O)[C@H](O)[C@H]2O)cc1Cc1ccc2c(c1)OCCO2. The highest BCUT2D eigenvalue weighted by Gasteiger charge is 2.44. The number of hydrogen-bond acceptors (Lipinski definition) is 8. The van der Waals surface area contributed by atoms with E-state index >= 15 is 0 Å². The number of aliphatic hydroxyl groups excluding tert-OH is 3.